The van der Waals surface area contributed by atoms with Gasteiger partial charge in [-0.05, 0) is 26.7 Å². The zero-order chi connectivity index (χ0) is 14.0. The second-order valence-electron chi connectivity index (χ2n) is 3.72. The van der Waals surface area contributed by atoms with Gasteiger partial charge < -0.3 is 13.8 Å². The van der Waals surface area contributed by atoms with Crippen LogP contribution in [0.15, 0.2) is 12.2 Å². The van der Waals surface area contributed by atoms with Crippen LogP contribution in [-0.2, 0) is 23.1 Å². The Balaban J connectivity index is 4.37. The fourth-order valence-electron chi connectivity index (χ4n) is 1.38. The molecule has 0 saturated carbocycles. The Morgan fingerprint density at radius 2 is 1.72 bits per heavy atom. The van der Waals surface area contributed by atoms with Gasteiger partial charge in [-0.25, -0.2) is 4.79 Å². The van der Waals surface area contributed by atoms with E-state index < -0.39 is 13.6 Å². The molecule has 18 heavy (non-hydrogen) atoms. The van der Waals surface area contributed by atoms with Crippen molar-refractivity contribution in [3.05, 3.63) is 12.2 Å². The van der Waals surface area contributed by atoms with E-state index in [1.807, 2.05) is 6.92 Å². The van der Waals surface area contributed by atoms with E-state index in [0.717, 1.165) is 0 Å². The number of carbonyl (C=O) groups excluding carboxylic acids is 1. The van der Waals surface area contributed by atoms with E-state index >= 15 is 0 Å². The Morgan fingerprint density at radius 1 is 1.17 bits per heavy atom. The molecule has 5 nitrogen and oxygen atoms in total. The van der Waals surface area contributed by atoms with Crippen LogP contribution in [0.25, 0.3) is 0 Å². The predicted octanol–water partition coefficient (Wildman–Crippen LogP) is 3.01. The van der Waals surface area contributed by atoms with Crippen molar-refractivity contribution in [2.45, 2.75) is 27.7 Å². The molecule has 0 saturated heterocycles. The summed E-state index contributed by atoms with van der Waals surface area (Å²) in [6, 6.07) is 0. The molecular weight excluding hydrogens is 255 g/mol. The molecule has 0 aliphatic rings. The highest BCUT2D eigenvalue weighted by atomic mass is 31.2. The maximum Gasteiger partial charge on any atom is 0.331 e. The maximum absolute atomic E-state index is 12.2. The second-order valence-corrected chi connectivity index (χ2v) is 5.82. The zero-order valence-electron chi connectivity index (χ0n) is 11.5. The lowest BCUT2D eigenvalue weighted by Gasteiger charge is -2.18. The summed E-state index contributed by atoms with van der Waals surface area (Å²) in [5.74, 6) is -0.481. The van der Waals surface area contributed by atoms with Gasteiger partial charge in [0.25, 0.3) is 0 Å². The fourth-order valence-corrected chi connectivity index (χ4v) is 3.28. The third-order valence-corrected chi connectivity index (χ3v) is 4.34. The highest BCUT2D eigenvalue weighted by Crippen LogP contribution is 2.49. The Morgan fingerprint density at radius 3 is 2.17 bits per heavy atom. The van der Waals surface area contributed by atoms with Crippen LogP contribution in [0.1, 0.15) is 27.7 Å². The van der Waals surface area contributed by atoms with Gasteiger partial charge in [-0.3, -0.25) is 4.57 Å². The molecule has 0 aromatic heterocycles. The first-order chi connectivity index (χ1) is 8.47. The van der Waals surface area contributed by atoms with Crippen LogP contribution in [0, 0.1) is 5.92 Å². The first-order valence-electron chi connectivity index (χ1n) is 6.20. The molecule has 0 spiro atoms. The molecule has 6 heteroatoms. The molecule has 1 atom stereocenters. The molecule has 0 bridgehead atoms. The first kappa shape index (κ1) is 17.4. The zero-order valence-corrected chi connectivity index (χ0v) is 12.4. The quantitative estimate of drug-likeness (QED) is 0.368. The molecule has 0 fully saturated rings. The molecule has 0 rings (SSSR count). The molecule has 0 radical (unpaired) electrons. The molecular formula is C12H23O5P. The summed E-state index contributed by atoms with van der Waals surface area (Å²) >= 11 is 0. The van der Waals surface area contributed by atoms with Gasteiger partial charge in [0.15, 0.2) is 0 Å². The van der Waals surface area contributed by atoms with Gasteiger partial charge in [0, 0.05) is 6.08 Å². The van der Waals surface area contributed by atoms with E-state index in [-0.39, 0.29) is 12.1 Å². The van der Waals surface area contributed by atoms with Gasteiger partial charge in [-0.2, -0.15) is 0 Å². The summed E-state index contributed by atoms with van der Waals surface area (Å²) in [7, 11) is -3.05. The highest BCUT2D eigenvalue weighted by Gasteiger charge is 2.25. The lowest BCUT2D eigenvalue weighted by atomic mass is 10.2. The van der Waals surface area contributed by atoms with Crippen LogP contribution in [0.2, 0.25) is 0 Å². The van der Waals surface area contributed by atoms with E-state index in [2.05, 4.69) is 0 Å². The predicted molar refractivity (Wildman–Crippen MR) is 70.7 cm³/mol. The molecule has 0 aliphatic heterocycles. The second kappa shape index (κ2) is 9.31. The average Bonchev–Trinajstić information content (AvgIpc) is 2.27. The Bertz CT molecular complexity index is 304. The minimum atomic E-state index is -3.05. The molecule has 106 valence electrons. The summed E-state index contributed by atoms with van der Waals surface area (Å²) in [6.07, 6.45) is 3.25. The van der Waals surface area contributed by atoms with Crippen LogP contribution in [0.3, 0.4) is 0 Å². The van der Waals surface area contributed by atoms with E-state index in [1.165, 1.54) is 6.08 Å². The summed E-state index contributed by atoms with van der Waals surface area (Å²) < 4.78 is 27.3. The lowest BCUT2D eigenvalue weighted by Crippen LogP contribution is -2.07. The summed E-state index contributed by atoms with van der Waals surface area (Å²) in [4.78, 5) is 11.1. The molecule has 0 aromatic carbocycles. The van der Waals surface area contributed by atoms with E-state index in [1.54, 1.807) is 26.8 Å². The van der Waals surface area contributed by atoms with Gasteiger partial charge in [0.2, 0.25) is 0 Å². The Hall–Kier alpha value is -0.640. The summed E-state index contributed by atoms with van der Waals surface area (Å²) in [5, 5.41) is 0. The van der Waals surface area contributed by atoms with Crippen molar-refractivity contribution in [2.75, 3.05) is 26.0 Å². The first-order valence-corrected chi connectivity index (χ1v) is 7.93. The van der Waals surface area contributed by atoms with Crippen molar-refractivity contribution in [1.82, 2.24) is 0 Å². The largest absolute Gasteiger partial charge is 0.463 e. The SMILES string of the molecule is CCOC(=O)/C=C/[C@H](C)CP(=O)(OCC)OCC. The Kier molecular flexibility index (Phi) is 8.98. The minimum Gasteiger partial charge on any atom is -0.463 e. The summed E-state index contributed by atoms with van der Waals surface area (Å²) in [6.45, 7) is 8.15. The van der Waals surface area contributed by atoms with Crippen LogP contribution in [-0.4, -0.2) is 32.0 Å². The number of ether oxygens (including phenoxy) is 1. The summed E-state index contributed by atoms with van der Waals surface area (Å²) in [5.41, 5.74) is 0. The smallest absolute Gasteiger partial charge is 0.331 e. The number of carbonyl (C=O) groups is 1. The van der Waals surface area contributed by atoms with Crippen molar-refractivity contribution >= 4 is 13.6 Å². The maximum atomic E-state index is 12.2. The van der Waals surface area contributed by atoms with Gasteiger partial charge in [0.1, 0.15) is 0 Å². The number of rotatable bonds is 9. The van der Waals surface area contributed by atoms with Crippen LogP contribution in [0.5, 0.6) is 0 Å². The van der Waals surface area contributed by atoms with Crippen LogP contribution >= 0.6 is 7.60 Å². The van der Waals surface area contributed by atoms with Crippen molar-refractivity contribution < 1.29 is 23.1 Å². The molecule has 0 aliphatic carbocycles. The topological polar surface area (TPSA) is 61.8 Å². The normalized spacial score (nSPS) is 13.8. The number of hydrogen-bond donors (Lipinski definition) is 0. The van der Waals surface area contributed by atoms with Gasteiger partial charge in [0.05, 0.1) is 26.0 Å². The number of esters is 1. The Labute approximate surface area is 109 Å². The van der Waals surface area contributed by atoms with Gasteiger partial charge in [-0.15, -0.1) is 0 Å². The lowest BCUT2D eigenvalue weighted by molar-refractivity contribution is -0.137. The minimum absolute atomic E-state index is 0.0849. The van der Waals surface area contributed by atoms with Gasteiger partial charge in [-0.1, -0.05) is 13.0 Å². The monoisotopic (exact) mass is 278 g/mol. The third-order valence-electron chi connectivity index (χ3n) is 2.01. The van der Waals surface area contributed by atoms with E-state index in [9.17, 15) is 9.36 Å². The molecule has 0 heterocycles. The van der Waals surface area contributed by atoms with Crippen molar-refractivity contribution in [3.63, 3.8) is 0 Å². The fraction of sp³-hybridized carbons (Fsp3) is 0.750. The van der Waals surface area contributed by atoms with Crippen molar-refractivity contribution in [1.29, 1.82) is 0 Å². The molecule has 0 amide bonds. The molecule has 0 unspecified atom stereocenters. The third kappa shape index (κ3) is 7.64. The van der Waals surface area contributed by atoms with Crippen molar-refractivity contribution in [2.24, 2.45) is 5.92 Å². The van der Waals surface area contributed by atoms with E-state index in [0.29, 0.717) is 19.8 Å². The standard InChI is InChI=1S/C12H23O5P/c1-5-15-12(13)9-8-11(4)10-18(14,16-6-2)17-7-3/h8-9,11H,5-7,10H2,1-4H3/b9-8+/t11-/m0/s1. The molecule has 0 N–H and O–H groups in total. The number of hydrogen-bond acceptors (Lipinski definition) is 5. The van der Waals surface area contributed by atoms with Crippen molar-refractivity contribution in [3.8, 4) is 0 Å². The number of allylic oxidation sites excluding steroid dienone is 1. The average molecular weight is 278 g/mol. The highest BCUT2D eigenvalue weighted by molar-refractivity contribution is 7.53. The van der Waals surface area contributed by atoms with E-state index in [4.69, 9.17) is 13.8 Å². The van der Waals surface area contributed by atoms with Crippen LogP contribution in [0.4, 0.5) is 0 Å². The molecule has 0 aromatic rings. The van der Waals surface area contributed by atoms with Gasteiger partial charge >= 0.3 is 13.6 Å². The van der Waals surface area contributed by atoms with Crippen LogP contribution < -0.4 is 0 Å².